The maximum absolute atomic E-state index is 11.8. The molecule has 3 rings (SSSR count). The molecule has 24 heavy (non-hydrogen) atoms. The predicted octanol–water partition coefficient (Wildman–Crippen LogP) is 2.89. The van der Waals surface area contributed by atoms with Gasteiger partial charge in [0.25, 0.3) is 0 Å². The summed E-state index contributed by atoms with van der Waals surface area (Å²) in [5.74, 6) is 0. The van der Waals surface area contributed by atoms with Crippen LogP contribution in [0.15, 0.2) is 24.3 Å². The van der Waals surface area contributed by atoms with Crippen LogP contribution >= 0.6 is 0 Å². The minimum atomic E-state index is -0.860. The molecule has 0 saturated carbocycles. The van der Waals surface area contributed by atoms with Crippen LogP contribution < -0.4 is 0 Å². The van der Waals surface area contributed by atoms with Gasteiger partial charge >= 0.3 is 6.09 Å². The van der Waals surface area contributed by atoms with Gasteiger partial charge in [-0.25, -0.2) is 4.79 Å². The van der Waals surface area contributed by atoms with Crippen molar-refractivity contribution >= 4 is 6.09 Å². The Balaban J connectivity index is 1.82. The fraction of sp³-hybridized carbons (Fsp3) is 0.632. The van der Waals surface area contributed by atoms with Crippen molar-refractivity contribution in [2.75, 3.05) is 13.1 Å². The molecule has 0 radical (unpaired) electrons. The van der Waals surface area contributed by atoms with E-state index in [0.29, 0.717) is 13.0 Å². The highest BCUT2D eigenvalue weighted by molar-refractivity contribution is 5.66. The van der Waals surface area contributed by atoms with E-state index < -0.39 is 17.7 Å². The quantitative estimate of drug-likeness (QED) is 0.874. The van der Waals surface area contributed by atoms with Crippen molar-refractivity contribution < 1.29 is 15.0 Å². The van der Waals surface area contributed by atoms with Crippen LogP contribution in [0.5, 0.6) is 0 Å². The lowest BCUT2D eigenvalue weighted by molar-refractivity contribution is -0.00101. The van der Waals surface area contributed by atoms with E-state index in [-0.39, 0.29) is 12.1 Å². The molecule has 1 aliphatic carbocycles. The van der Waals surface area contributed by atoms with Crippen molar-refractivity contribution in [3.63, 3.8) is 0 Å². The highest BCUT2D eigenvalue weighted by Crippen LogP contribution is 2.38. The van der Waals surface area contributed by atoms with E-state index in [1.807, 2.05) is 32.9 Å². The zero-order chi connectivity index (χ0) is 17.5. The Labute approximate surface area is 143 Å². The third kappa shape index (κ3) is 3.15. The van der Waals surface area contributed by atoms with Crippen molar-refractivity contribution in [2.45, 2.75) is 63.8 Å². The van der Waals surface area contributed by atoms with E-state index in [2.05, 4.69) is 17.0 Å². The zero-order valence-corrected chi connectivity index (χ0v) is 14.8. The predicted molar refractivity (Wildman–Crippen MR) is 93.1 cm³/mol. The van der Waals surface area contributed by atoms with Crippen LogP contribution in [0.2, 0.25) is 0 Å². The van der Waals surface area contributed by atoms with Crippen LogP contribution in [0.3, 0.4) is 0 Å². The SMILES string of the molecule is CC(C)(C)N(C(=O)O)[C@@H]1CCCN([C@H]2c3ccccc3C[C@@H]2O)C1. The molecule has 2 N–H and O–H groups in total. The van der Waals surface area contributed by atoms with Crippen molar-refractivity contribution in [1.29, 1.82) is 0 Å². The molecule has 0 aromatic heterocycles. The monoisotopic (exact) mass is 332 g/mol. The molecule has 1 saturated heterocycles. The standard InChI is InChI=1S/C19H28N2O3/c1-19(2,3)21(18(23)24)14-8-6-10-20(12-14)17-15-9-5-4-7-13(15)11-16(17)22/h4-5,7,9,14,16-17,22H,6,8,10-12H2,1-3H3,(H,23,24)/t14-,16+,17+/m1/s1. The van der Waals surface area contributed by atoms with Crippen LogP contribution in [0.4, 0.5) is 4.79 Å². The number of likely N-dealkylation sites (tertiary alicyclic amines) is 1. The summed E-state index contributed by atoms with van der Waals surface area (Å²) < 4.78 is 0. The molecule has 1 amide bonds. The molecule has 1 aromatic rings. The average Bonchev–Trinajstić information content (AvgIpc) is 2.81. The van der Waals surface area contributed by atoms with Crippen LogP contribution in [-0.4, -0.2) is 56.9 Å². The van der Waals surface area contributed by atoms with Crippen molar-refractivity contribution in [1.82, 2.24) is 9.80 Å². The van der Waals surface area contributed by atoms with Crippen molar-refractivity contribution in [2.24, 2.45) is 0 Å². The molecule has 0 bridgehead atoms. The van der Waals surface area contributed by atoms with Gasteiger partial charge in [0.05, 0.1) is 12.1 Å². The lowest BCUT2D eigenvalue weighted by Gasteiger charge is -2.46. The number of carbonyl (C=O) groups is 1. The van der Waals surface area contributed by atoms with E-state index in [4.69, 9.17) is 0 Å². The molecule has 132 valence electrons. The summed E-state index contributed by atoms with van der Waals surface area (Å²) in [6.45, 7) is 7.42. The minimum Gasteiger partial charge on any atom is -0.465 e. The van der Waals surface area contributed by atoms with Gasteiger partial charge in [0.15, 0.2) is 0 Å². The second-order valence-corrected chi connectivity index (χ2v) is 8.03. The molecular formula is C19H28N2O3. The van der Waals surface area contributed by atoms with E-state index in [1.165, 1.54) is 11.1 Å². The molecule has 0 spiro atoms. The average molecular weight is 332 g/mol. The smallest absolute Gasteiger partial charge is 0.408 e. The molecule has 1 aliphatic heterocycles. The summed E-state index contributed by atoms with van der Waals surface area (Å²) in [6, 6.07) is 8.16. The molecular weight excluding hydrogens is 304 g/mol. The number of benzene rings is 1. The lowest BCUT2D eigenvalue weighted by atomic mass is 9.95. The first-order chi connectivity index (χ1) is 11.3. The maximum Gasteiger partial charge on any atom is 0.408 e. The van der Waals surface area contributed by atoms with Gasteiger partial charge in [0, 0.05) is 24.5 Å². The second kappa shape index (κ2) is 6.37. The number of piperidine rings is 1. The van der Waals surface area contributed by atoms with Gasteiger partial charge in [-0.1, -0.05) is 24.3 Å². The third-order valence-electron chi connectivity index (χ3n) is 5.28. The Kier molecular flexibility index (Phi) is 4.58. The topological polar surface area (TPSA) is 64.0 Å². The first-order valence-corrected chi connectivity index (χ1v) is 8.81. The van der Waals surface area contributed by atoms with Crippen LogP contribution in [0, 0.1) is 0 Å². The molecule has 1 heterocycles. The molecule has 5 heteroatoms. The number of nitrogens with zero attached hydrogens (tertiary/aromatic N) is 2. The van der Waals surface area contributed by atoms with Crippen LogP contribution in [0.1, 0.15) is 50.8 Å². The minimum absolute atomic E-state index is 0.0142. The number of aliphatic hydroxyl groups is 1. The number of rotatable bonds is 2. The highest BCUT2D eigenvalue weighted by atomic mass is 16.4. The number of hydrogen-bond acceptors (Lipinski definition) is 3. The second-order valence-electron chi connectivity index (χ2n) is 8.03. The number of carboxylic acid groups (broad SMARTS) is 1. The number of aliphatic hydroxyl groups excluding tert-OH is 1. The maximum atomic E-state index is 11.8. The van der Waals surface area contributed by atoms with Crippen LogP contribution in [-0.2, 0) is 6.42 Å². The normalized spacial score (nSPS) is 27.8. The van der Waals surface area contributed by atoms with Gasteiger partial charge in [-0.3, -0.25) is 9.80 Å². The molecule has 1 aromatic carbocycles. The molecule has 3 atom stereocenters. The van der Waals surface area contributed by atoms with Gasteiger partial charge in [-0.05, 0) is 51.3 Å². The Morgan fingerprint density at radius 1 is 1.29 bits per heavy atom. The number of amides is 1. The van der Waals surface area contributed by atoms with Crippen molar-refractivity contribution in [3.8, 4) is 0 Å². The number of fused-ring (bicyclic) bond motifs is 1. The van der Waals surface area contributed by atoms with Crippen molar-refractivity contribution in [3.05, 3.63) is 35.4 Å². The Bertz CT molecular complexity index is 611. The Morgan fingerprint density at radius 2 is 2.00 bits per heavy atom. The van der Waals surface area contributed by atoms with Gasteiger partial charge in [-0.2, -0.15) is 0 Å². The summed E-state index contributed by atoms with van der Waals surface area (Å²) in [6.07, 6.45) is 1.25. The Hall–Kier alpha value is -1.59. The van der Waals surface area contributed by atoms with Gasteiger partial charge in [0.2, 0.25) is 0 Å². The first kappa shape index (κ1) is 17.2. The summed E-state index contributed by atoms with van der Waals surface area (Å²) in [5.41, 5.74) is 1.98. The van der Waals surface area contributed by atoms with E-state index in [1.54, 1.807) is 4.90 Å². The summed E-state index contributed by atoms with van der Waals surface area (Å²) in [7, 11) is 0. The molecule has 5 nitrogen and oxygen atoms in total. The van der Waals surface area contributed by atoms with Gasteiger partial charge < -0.3 is 10.2 Å². The molecule has 0 unspecified atom stereocenters. The van der Waals surface area contributed by atoms with Gasteiger partial charge in [0.1, 0.15) is 0 Å². The fourth-order valence-corrected chi connectivity index (χ4v) is 4.43. The van der Waals surface area contributed by atoms with E-state index in [0.717, 1.165) is 19.4 Å². The summed E-state index contributed by atoms with van der Waals surface area (Å²) >= 11 is 0. The van der Waals surface area contributed by atoms with E-state index >= 15 is 0 Å². The van der Waals surface area contributed by atoms with Crippen LogP contribution in [0.25, 0.3) is 0 Å². The fourth-order valence-electron chi connectivity index (χ4n) is 4.43. The highest BCUT2D eigenvalue weighted by Gasteiger charge is 2.41. The van der Waals surface area contributed by atoms with E-state index in [9.17, 15) is 15.0 Å². The largest absolute Gasteiger partial charge is 0.465 e. The summed E-state index contributed by atoms with van der Waals surface area (Å²) in [4.78, 5) is 15.7. The van der Waals surface area contributed by atoms with Gasteiger partial charge in [-0.15, -0.1) is 0 Å². The molecule has 1 fully saturated rings. The molecule has 2 aliphatic rings. The third-order valence-corrected chi connectivity index (χ3v) is 5.28. The summed E-state index contributed by atoms with van der Waals surface area (Å²) in [5, 5.41) is 20.3. The first-order valence-electron chi connectivity index (χ1n) is 8.81. The lowest BCUT2D eigenvalue weighted by Crippen LogP contribution is -2.57. The Morgan fingerprint density at radius 3 is 2.67 bits per heavy atom. The zero-order valence-electron chi connectivity index (χ0n) is 14.8. The number of hydrogen-bond donors (Lipinski definition) is 2.